The van der Waals surface area contributed by atoms with Gasteiger partial charge in [-0.25, -0.2) is 8.78 Å². The summed E-state index contributed by atoms with van der Waals surface area (Å²) in [5.74, 6) is -3.68. The lowest BCUT2D eigenvalue weighted by Crippen LogP contribution is -2.33. The molecule has 1 aromatic rings. The van der Waals surface area contributed by atoms with Gasteiger partial charge in [-0.3, -0.25) is 0 Å². The molecule has 0 saturated heterocycles. The number of hydrogen-bond donors (Lipinski definition) is 1. The zero-order valence-corrected chi connectivity index (χ0v) is 11.6. The van der Waals surface area contributed by atoms with Crippen molar-refractivity contribution in [2.75, 3.05) is 13.2 Å². The fourth-order valence-corrected chi connectivity index (χ4v) is 2.41. The molecule has 1 aliphatic rings. The molecular weight excluding hydrogens is 286 g/mol. The van der Waals surface area contributed by atoms with Crippen LogP contribution in [-0.2, 0) is 4.74 Å². The summed E-state index contributed by atoms with van der Waals surface area (Å²) in [6.45, 7) is -1.52. The summed E-state index contributed by atoms with van der Waals surface area (Å²) in [5, 5.41) is 0. The standard InChI is InChI=1S/C15H19F4NO/c16-14(17)15(18,19)9-21-8-13(20)12-7-2-1-6-11(12)10-4-3-5-10/h1-2,6-7,10,13-14H,3-5,8-9,20H2. The molecule has 0 bridgehead atoms. The van der Waals surface area contributed by atoms with E-state index in [0.29, 0.717) is 5.92 Å². The first-order valence-electron chi connectivity index (χ1n) is 7.00. The van der Waals surface area contributed by atoms with Crippen molar-refractivity contribution in [1.82, 2.24) is 0 Å². The second kappa shape index (κ2) is 6.75. The molecule has 0 heterocycles. The molecule has 2 N–H and O–H groups in total. The molecule has 118 valence electrons. The van der Waals surface area contributed by atoms with Gasteiger partial charge in [-0.05, 0) is 29.9 Å². The van der Waals surface area contributed by atoms with Gasteiger partial charge in [0, 0.05) is 0 Å². The molecule has 0 aliphatic heterocycles. The zero-order valence-electron chi connectivity index (χ0n) is 11.6. The molecule has 1 saturated carbocycles. The number of alkyl halides is 4. The van der Waals surface area contributed by atoms with Crippen molar-refractivity contribution in [2.24, 2.45) is 5.73 Å². The summed E-state index contributed by atoms with van der Waals surface area (Å²) in [6.07, 6.45) is -0.371. The van der Waals surface area contributed by atoms with Crippen molar-refractivity contribution in [3.05, 3.63) is 35.4 Å². The Morgan fingerprint density at radius 2 is 1.90 bits per heavy atom. The molecule has 1 atom stereocenters. The van der Waals surface area contributed by atoms with Crippen LogP contribution in [0.25, 0.3) is 0 Å². The molecule has 1 aliphatic carbocycles. The Balaban J connectivity index is 1.93. The monoisotopic (exact) mass is 305 g/mol. The number of rotatable bonds is 7. The lowest BCUT2D eigenvalue weighted by Gasteiger charge is -2.29. The highest BCUT2D eigenvalue weighted by molar-refractivity contribution is 5.34. The normalized spacial score (nSPS) is 17.8. The zero-order chi connectivity index (χ0) is 15.5. The summed E-state index contributed by atoms with van der Waals surface area (Å²) in [6, 6.07) is 6.97. The molecule has 0 aromatic heterocycles. The van der Waals surface area contributed by atoms with E-state index in [0.717, 1.165) is 24.0 Å². The van der Waals surface area contributed by atoms with Gasteiger partial charge in [-0.2, -0.15) is 8.78 Å². The number of nitrogens with two attached hydrogens (primary N) is 1. The fourth-order valence-electron chi connectivity index (χ4n) is 2.41. The minimum atomic E-state index is -4.13. The third kappa shape index (κ3) is 3.95. The van der Waals surface area contributed by atoms with Gasteiger partial charge in [-0.1, -0.05) is 30.7 Å². The fraction of sp³-hybridized carbons (Fsp3) is 0.600. The highest BCUT2D eigenvalue weighted by Gasteiger charge is 2.41. The average Bonchev–Trinajstić information content (AvgIpc) is 2.36. The maximum absolute atomic E-state index is 12.8. The second-order valence-corrected chi connectivity index (χ2v) is 5.44. The Morgan fingerprint density at radius 3 is 2.48 bits per heavy atom. The second-order valence-electron chi connectivity index (χ2n) is 5.44. The van der Waals surface area contributed by atoms with Gasteiger partial charge >= 0.3 is 12.3 Å². The highest BCUT2D eigenvalue weighted by Crippen LogP contribution is 2.39. The lowest BCUT2D eigenvalue weighted by atomic mass is 9.77. The molecule has 1 unspecified atom stereocenters. The molecule has 21 heavy (non-hydrogen) atoms. The molecule has 2 rings (SSSR count). The third-order valence-corrected chi connectivity index (χ3v) is 3.85. The van der Waals surface area contributed by atoms with Crippen molar-refractivity contribution < 1.29 is 22.3 Å². The lowest BCUT2D eigenvalue weighted by molar-refractivity contribution is -0.166. The number of ether oxygens (including phenoxy) is 1. The summed E-state index contributed by atoms with van der Waals surface area (Å²) in [7, 11) is 0. The van der Waals surface area contributed by atoms with Crippen LogP contribution in [0, 0.1) is 0 Å². The van der Waals surface area contributed by atoms with Crippen LogP contribution >= 0.6 is 0 Å². The van der Waals surface area contributed by atoms with Crippen LogP contribution in [0.5, 0.6) is 0 Å². The number of benzene rings is 1. The Bertz CT molecular complexity index is 463. The van der Waals surface area contributed by atoms with Crippen LogP contribution in [0.4, 0.5) is 17.6 Å². The van der Waals surface area contributed by atoms with Crippen molar-refractivity contribution in [3.63, 3.8) is 0 Å². The van der Waals surface area contributed by atoms with Crippen LogP contribution in [0.2, 0.25) is 0 Å². The number of hydrogen-bond acceptors (Lipinski definition) is 2. The van der Waals surface area contributed by atoms with Gasteiger partial charge in [-0.15, -0.1) is 0 Å². The van der Waals surface area contributed by atoms with Gasteiger partial charge in [0.25, 0.3) is 0 Å². The molecule has 2 nitrogen and oxygen atoms in total. The molecule has 0 spiro atoms. The first-order chi connectivity index (χ1) is 9.92. The van der Waals surface area contributed by atoms with Crippen molar-refractivity contribution in [2.45, 2.75) is 43.6 Å². The van der Waals surface area contributed by atoms with E-state index < -0.39 is 25.0 Å². The molecule has 6 heteroatoms. The van der Waals surface area contributed by atoms with E-state index >= 15 is 0 Å². The van der Waals surface area contributed by atoms with Crippen molar-refractivity contribution in [3.8, 4) is 0 Å². The summed E-state index contributed by atoms with van der Waals surface area (Å²) < 4.78 is 54.3. The quantitative estimate of drug-likeness (QED) is 0.776. The van der Waals surface area contributed by atoms with E-state index in [-0.39, 0.29) is 6.61 Å². The predicted molar refractivity (Wildman–Crippen MR) is 71.7 cm³/mol. The minimum absolute atomic E-state index is 0.202. The summed E-state index contributed by atoms with van der Waals surface area (Å²) >= 11 is 0. The van der Waals surface area contributed by atoms with Gasteiger partial charge in [0.05, 0.1) is 12.6 Å². The summed E-state index contributed by atoms with van der Waals surface area (Å²) in [5.41, 5.74) is 7.92. The van der Waals surface area contributed by atoms with E-state index in [1.807, 2.05) is 24.3 Å². The van der Waals surface area contributed by atoms with E-state index in [1.54, 1.807) is 0 Å². The third-order valence-electron chi connectivity index (χ3n) is 3.85. The topological polar surface area (TPSA) is 35.2 Å². The summed E-state index contributed by atoms with van der Waals surface area (Å²) in [4.78, 5) is 0. The molecule has 0 radical (unpaired) electrons. The first-order valence-corrected chi connectivity index (χ1v) is 7.00. The van der Waals surface area contributed by atoms with Gasteiger partial charge in [0.1, 0.15) is 6.61 Å². The van der Waals surface area contributed by atoms with Gasteiger partial charge < -0.3 is 10.5 Å². The highest BCUT2D eigenvalue weighted by atomic mass is 19.3. The predicted octanol–water partition coefficient (Wildman–Crippen LogP) is 3.87. The van der Waals surface area contributed by atoms with Crippen LogP contribution in [0.3, 0.4) is 0 Å². The number of halogens is 4. The van der Waals surface area contributed by atoms with Crippen LogP contribution in [-0.4, -0.2) is 25.6 Å². The smallest absolute Gasteiger partial charge is 0.330 e. The molecule has 1 aromatic carbocycles. The van der Waals surface area contributed by atoms with E-state index in [1.165, 1.54) is 6.42 Å². The maximum Gasteiger partial charge on any atom is 0.330 e. The molecule has 0 amide bonds. The Labute approximate surface area is 121 Å². The SMILES string of the molecule is NC(COCC(F)(F)C(F)F)c1ccccc1C1CCC1. The minimum Gasteiger partial charge on any atom is -0.373 e. The van der Waals surface area contributed by atoms with E-state index in [4.69, 9.17) is 10.5 Å². The average molecular weight is 305 g/mol. The van der Waals surface area contributed by atoms with Gasteiger partial charge in [0.2, 0.25) is 0 Å². The Hall–Kier alpha value is -1.14. The van der Waals surface area contributed by atoms with Crippen molar-refractivity contribution >= 4 is 0 Å². The first kappa shape index (κ1) is 16.2. The Kier molecular flexibility index (Phi) is 5.22. The van der Waals surface area contributed by atoms with Gasteiger partial charge in [0.15, 0.2) is 0 Å². The Morgan fingerprint density at radius 1 is 1.24 bits per heavy atom. The van der Waals surface area contributed by atoms with Crippen LogP contribution < -0.4 is 5.73 Å². The van der Waals surface area contributed by atoms with Crippen LogP contribution in [0.1, 0.15) is 42.3 Å². The maximum atomic E-state index is 12.8. The van der Waals surface area contributed by atoms with Crippen molar-refractivity contribution in [1.29, 1.82) is 0 Å². The largest absolute Gasteiger partial charge is 0.373 e. The molecule has 1 fully saturated rings. The van der Waals surface area contributed by atoms with Crippen LogP contribution in [0.15, 0.2) is 24.3 Å². The molecular formula is C15H19F4NO. The van der Waals surface area contributed by atoms with E-state index in [2.05, 4.69) is 0 Å². The van der Waals surface area contributed by atoms with E-state index in [9.17, 15) is 17.6 Å².